The summed E-state index contributed by atoms with van der Waals surface area (Å²) >= 11 is 0. The molecule has 6 nitrogen and oxygen atoms in total. The number of methoxy groups -OCH3 is 1. The van der Waals surface area contributed by atoms with Crippen molar-refractivity contribution in [3.63, 3.8) is 0 Å². The average Bonchev–Trinajstić information content (AvgIpc) is 2.65. The minimum atomic E-state index is -0.485. The molecule has 0 radical (unpaired) electrons. The van der Waals surface area contributed by atoms with Crippen LogP contribution < -0.4 is 20.3 Å². The zero-order chi connectivity index (χ0) is 18.1. The molecule has 2 amide bonds. The number of hydrogen-bond acceptors (Lipinski definition) is 4. The summed E-state index contributed by atoms with van der Waals surface area (Å²) in [7, 11) is 1.53. The second kappa shape index (κ2) is 9.12. The SMILES string of the molecule is C=CCc1ccc(OCC(=O)NNC(=O)c2ccccc2)c(OC)c1. The molecular formula is C19H20N2O4. The summed E-state index contributed by atoms with van der Waals surface area (Å²) < 4.78 is 10.7. The molecule has 0 aromatic heterocycles. The predicted octanol–water partition coefficient (Wildman–Crippen LogP) is 2.26. The van der Waals surface area contributed by atoms with Crippen LogP contribution >= 0.6 is 0 Å². The molecule has 130 valence electrons. The maximum Gasteiger partial charge on any atom is 0.276 e. The maximum absolute atomic E-state index is 11.8. The van der Waals surface area contributed by atoms with Gasteiger partial charge in [-0.1, -0.05) is 30.3 Å². The molecule has 2 N–H and O–H groups in total. The van der Waals surface area contributed by atoms with Crippen LogP contribution in [0.4, 0.5) is 0 Å². The van der Waals surface area contributed by atoms with Gasteiger partial charge in [-0.05, 0) is 36.2 Å². The molecule has 0 heterocycles. The summed E-state index contributed by atoms with van der Waals surface area (Å²) in [4.78, 5) is 23.6. The second-order valence-corrected chi connectivity index (χ2v) is 5.14. The maximum atomic E-state index is 11.8. The fraction of sp³-hybridized carbons (Fsp3) is 0.158. The third-order valence-electron chi connectivity index (χ3n) is 3.32. The quantitative estimate of drug-likeness (QED) is 0.599. The molecule has 0 fully saturated rings. The first-order chi connectivity index (χ1) is 12.1. The van der Waals surface area contributed by atoms with Gasteiger partial charge in [0.05, 0.1) is 7.11 Å². The Morgan fingerprint density at radius 2 is 1.84 bits per heavy atom. The molecule has 0 spiro atoms. The van der Waals surface area contributed by atoms with Crippen molar-refractivity contribution in [1.29, 1.82) is 0 Å². The number of rotatable bonds is 7. The van der Waals surface area contributed by atoms with Crippen LogP contribution in [0, 0.1) is 0 Å². The Balaban J connectivity index is 1.85. The van der Waals surface area contributed by atoms with Gasteiger partial charge in [-0.3, -0.25) is 20.4 Å². The van der Waals surface area contributed by atoms with Gasteiger partial charge in [-0.2, -0.15) is 0 Å². The number of carbonyl (C=O) groups is 2. The van der Waals surface area contributed by atoms with Gasteiger partial charge in [-0.15, -0.1) is 6.58 Å². The van der Waals surface area contributed by atoms with Crippen molar-refractivity contribution in [2.45, 2.75) is 6.42 Å². The Kier molecular flexibility index (Phi) is 6.59. The number of allylic oxidation sites excluding steroid dienone is 1. The largest absolute Gasteiger partial charge is 0.493 e. The number of nitrogens with one attached hydrogen (secondary N) is 2. The van der Waals surface area contributed by atoms with Gasteiger partial charge >= 0.3 is 0 Å². The van der Waals surface area contributed by atoms with Crippen molar-refractivity contribution in [3.8, 4) is 11.5 Å². The fourth-order valence-corrected chi connectivity index (χ4v) is 2.09. The smallest absolute Gasteiger partial charge is 0.276 e. The van der Waals surface area contributed by atoms with E-state index in [-0.39, 0.29) is 6.61 Å². The second-order valence-electron chi connectivity index (χ2n) is 5.14. The predicted molar refractivity (Wildman–Crippen MR) is 94.4 cm³/mol. The third kappa shape index (κ3) is 5.39. The topological polar surface area (TPSA) is 76.7 Å². The van der Waals surface area contributed by atoms with Crippen LogP contribution in [0.5, 0.6) is 11.5 Å². The first-order valence-corrected chi connectivity index (χ1v) is 7.69. The Morgan fingerprint density at radius 3 is 2.52 bits per heavy atom. The highest BCUT2D eigenvalue weighted by molar-refractivity contribution is 5.95. The fourth-order valence-electron chi connectivity index (χ4n) is 2.09. The van der Waals surface area contributed by atoms with Crippen molar-refractivity contribution in [2.75, 3.05) is 13.7 Å². The van der Waals surface area contributed by atoms with Crippen molar-refractivity contribution in [2.24, 2.45) is 0 Å². The highest BCUT2D eigenvalue weighted by Gasteiger charge is 2.10. The zero-order valence-electron chi connectivity index (χ0n) is 14.0. The number of hydrogen-bond donors (Lipinski definition) is 2. The molecule has 25 heavy (non-hydrogen) atoms. The van der Waals surface area contributed by atoms with Crippen molar-refractivity contribution >= 4 is 11.8 Å². The number of amides is 2. The van der Waals surface area contributed by atoms with Gasteiger partial charge in [-0.25, -0.2) is 0 Å². The van der Waals surface area contributed by atoms with E-state index in [0.717, 1.165) is 5.56 Å². The van der Waals surface area contributed by atoms with E-state index < -0.39 is 11.8 Å². The normalized spacial score (nSPS) is 9.80. The summed E-state index contributed by atoms with van der Waals surface area (Å²) in [6, 6.07) is 14.0. The van der Waals surface area contributed by atoms with Crippen LogP contribution in [-0.2, 0) is 11.2 Å². The van der Waals surface area contributed by atoms with E-state index >= 15 is 0 Å². The van der Waals surface area contributed by atoms with Crippen LogP contribution in [0.2, 0.25) is 0 Å². The lowest BCUT2D eigenvalue weighted by Gasteiger charge is -2.12. The first kappa shape index (κ1) is 18.1. The summed E-state index contributed by atoms with van der Waals surface area (Å²) in [5.41, 5.74) is 6.11. The molecule has 6 heteroatoms. The van der Waals surface area contributed by atoms with E-state index in [1.165, 1.54) is 7.11 Å². The average molecular weight is 340 g/mol. The van der Waals surface area contributed by atoms with Gasteiger partial charge in [0, 0.05) is 5.56 Å². The lowest BCUT2D eigenvalue weighted by molar-refractivity contribution is -0.123. The van der Waals surface area contributed by atoms with E-state index in [9.17, 15) is 9.59 Å². The van der Waals surface area contributed by atoms with E-state index in [1.807, 2.05) is 12.1 Å². The Morgan fingerprint density at radius 1 is 1.08 bits per heavy atom. The van der Waals surface area contributed by atoms with E-state index in [2.05, 4.69) is 17.4 Å². The molecular weight excluding hydrogens is 320 g/mol. The highest BCUT2D eigenvalue weighted by Crippen LogP contribution is 2.28. The Bertz CT molecular complexity index is 744. The van der Waals surface area contributed by atoms with Crippen molar-refractivity contribution in [1.82, 2.24) is 10.9 Å². The standard InChI is InChI=1S/C19H20N2O4/c1-3-7-14-10-11-16(17(12-14)24-2)25-13-18(22)20-21-19(23)15-8-5-4-6-9-15/h3-6,8-12H,1,7,13H2,2H3,(H,20,22)(H,21,23). The third-order valence-corrected chi connectivity index (χ3v) is 3.32. The molecule has 0 aliphatic heterocycles. The number of ether oxygens (including phenoxy) is 2. The highest BCUT2D eigenvalue weighted by atomic mass is 16.5. The molecule has 0 atom stereocenters. The summed E-state index contributed by atoms with van der Waals surface area (Å²) in [5.74, 6) is 0.0853. The molecule has 0 aliphatic carbocycles. The lowest BCUT2D eigenvalue weighted by Crippen LogP contribution is -2.43. The van der Waals surface area contributed by atoms with Crippen LogP contribution in [-0.4, -0.2) is 25.5 Å². The minimum absolute atomic E-state index is 0.258. The molecule has 2 aromatic rings. The minimum Gasteiger partial charge on any atom is -0.493 e. The van der Waals surface area contributed by atoms with Gasteiger partial charge in [0.15, 0.2) is 18.1 Å². The Labute approximate surface area is 146 Å². The molecule has 0 saturated heterocycles. The monoisotopic (exact) mass is 340 g/mol. The van der Waals surface area contributed by atoms with E-state index in [1.54, 1.807) is 42.5 Å². The molecule has 2 aromatic carbocycles. The molecule has 2 rings (SSSR count). The summed E-state index contributed by atoms with van der Waals surface area (Å²) in [6.45, 7) is 3.43. The van der Waals surface area contributed by atoms with Gasteiger partial charge < -0.3 is 9.47 Å². The molecule has 0 bridgehead atoms. The summed E-state index contributed by atoms with van der Waals surface area (Å²) in [5, 5.41) is 0. The van der Waals surface area contributed by atoms with Gasteiger partial charge in [0.1, 0.15) is 0 Å². The van der Waals surface area contributed by atoms with Gasteiger partial charge in [0.2, 0.25) is 0 Å². The van der Waals surface area contributed by atoms with Crippen molar-refractivity contribution < 1.29 is 19.1 Å². The van der Waals surface area contributed by atoms with Crippen LogP contribution in [0.3, 0.4) is 0 Å². The number of benzene rings is 2. The summed E-state index contributed by atoms with van der Waals surface area (Å²) in [6.07, 6.45) is 2.50. The lowest BCUT2D eigenvalue weighted by atomic mass is 10.1. The molecule has 0 unspecified atom stereocenters. The van der Waals surface area contributed by atoms with Gasteiger partial charge in [0.25, 0.3) is 11.8 Å². The molecule has 0 aliphatic rings. The zero-order valence-corrected chi connectivity index (χ0v) is 14.0. The van der Waals surface area contributed by atoms with Crippen LogP contribution in [0.1, 0.15) is 15.9 Å². The van der Waals surface area contributed by atoms with Crippen LogP contribution in [0.25, 0.3) is 0 Å². The van der Waals surface area contributed by atoms with Crippen LogP contribution in [0.15, 0.2) is 61.2 Å². The van der Waals surface area contributed by atoms with E-state index in [4.69, 9.17) is 9.47 Å². The molecule has 0 saturated carbocycles. The van der Waals surface area contributed by atoms with E-state index in [0.29, 0.717) is 23.5 Å². The number of hydrazine groups is 1. The Hall–Kier alpha value is -3.28. The van der Waals surface area contributed by atoms with Crippen molar-refractivity contribution in [3.05, 3.63) is 72.3 Å². The first-order valence-electron chi connectivity index (χ1n) is 7.69. The number of carbonyl (C=O) groups excluding carboxylic acids is 2.